The van der Waals surface area contributed by atoms with E-state index in [0.29, 0.717) is 12.0 Å². The van der Waals surface area contributed by atoms with E-state index < -0.39 is 5.91 Å². The number of nitrogens with two attached hydrogens (primary N) is 1. The SMILES string of the molecule is Cc1c(C#CCCO)cccc1C(N)=O. The van der Waals surface area contributed by atoms with Gasteiger partial charge >= 0.3 is 0 Å². The normalized spacial score (nSPS) is 9.20. The van der Waals surface area contributed by atoms with Gasteiger partial charge in [0.1, 0.15) is 0 Å². The molecule has 0 aliphatic rings. The monoisotopic (exact) mass is 203 g/mol. The summed E-state index contributed by atoms with van der Waals surface area (Å²) >= 11 is 0. The molecule has 0 heterocycles. The largest absolute Gasteiger partial charge is 0.395 e. The zero-order valence-corrected chi connectivity index (χ0v) is 8.58. The molecule has 0 aliphatic heterocycles. The van der Waals surface area contributed by atoms with E-state index in [1.54, 1.807) is 12.1 Å². The van der Waals surface area contributed by atoms with Crippen LogP contribution in [0.4, 0.5) is 0 Å². The van der Waals surface area contributed by atoms with Gasteiger partial charge in [-0.2, -0.15) is 0 Å². The number of carbonyl (C=O) groups excluding carboxylic acids is 1. The third kappa shape index (κ3) is 2.83. The fraction of sp³-hybridized carbons (Fsp3) is 0.250. The van der Waals surface area contributed by atoms with Crippen molar-refractivity contribution in [2.45, 2.75) is 13.3 Å². The van der Waals surface area contributed by atoms with Crippen molar-refractivity contribution in [3.63, 3.8) is 0 Å². The summed E-state index contributed by atoms with van der Waals surface area (Å²) in [5.74, 6) is 5.25. The van der Waals surface area contributed by atoms with Gasteiger partial charge in [-0.25, -0.2) is 0 Å². The first-order valence-corrected chi connectivity index (χ1v) is 4.66. The average molecular weight is 203 g/mol. The lowest BCUT2D eigenvalue weighted by Gasteiger charge is -2.02. The molecule has 0 unspecified atom stereocenters. The van der Waals surface area contributed by atoms with E-state index in [9.17, 15) is 4.79 Å². The Morgan fingerprint density at radius 2 is 2.27 bits per heavy atom. The van der Waals surface area contributed by atoms with E-state index in [1.807, 2.05) is 13.0 Å². The van der Waals surface area contributed by atoms with E-state index in [0.717, 1.165) is 11.1 Å². The van der Waals surface area contributed by atoms with Crippen molar-refractivity contribution in [3.05, 3.63) is 34.9 Å². The van der Waals surface area contributed by atoms with E-state index in [1.165, 1.54) is 0 Å². The number of hydrogen-bond donors (Lipinski definition) is 2. The molecule has 0 saturated carbocycles. The van der Waals surface area contributed by atoms with Crippen molar-refractivity contribution in [2.75, 3.05) is 6.61 Å². The molecule has 1 rings (SSSR count). The standard InChI is InChI=1S/C12H13NO2/c1-9-10(5-2-3-8-14)6-4-7-11(9)12(13)15/h4,6-7,14H,3,8H2,1H3,(H2,13,15). The highest BCUT2D eigenvalue weighted by atomic mass is 16.2. The molecule has 0 saturated heterocycles. The first kappa shape index (κ1) is 11.3. The summed E-state index contributed by atoms with van der Waals surface area (Å²) in [6.45, 7) is 1.85. The maximum atomic E-state index is 11.0. The van der Waals surface area contributed by atoms with Gasteiger partial charge in [-0.15, -0.1) is 0 Å². The van der Waals surface area contributed by atoms with Crippen LogP contribution < -0.4 is 5.73 Å². The van der Waals surface area contributed by atoms with Gasteiger partial charge in [0, 0.05) is 17.5 Å². The van der Waals surface area contributed by atoms with Crippen molar-refractivity contribution in [1.29, 1.82) is 0 Å². The Kier molecular flexibility index (Phi) is 3.90. The third-order valence-electron chi connectivity index (χ3n) is 2.06. The second kappa shape index (κ2) is 5.18. The molecule has 3 heteroatoms. The van der Waals surface area contributed by atoms with Crippen LogP contribution in [0, 0.1) is 18.8 Å². The van der Waals surface area contributed by atoms with Crippen LogP contribution in [0.3, 0.4) is 0 Å². The Balaban J connectivity index is 3.06. The summed E-state index contributed by atoms with van der Waals surface area (Å²) in [5, 5.41) is 8.58. The lowest BCUT2D eigenvalue weighted by molar-refractivity contribution is 0.0999. The van der Waals surface area contributed by atoms with Crippen molar-refractivity contribution < 1.29 is 9.90 Å². The molecule has 0 radical (unpaired) electrons. The Bertz CT molecular complexity index is 427. The zero-order chi connectivity index (χ0) is 11.3. The van der Waals surface area contributed by atoms with Crippen LogP contribution >= 0.6 is 0 Å². The minimum atomic E-state index is -0.446. The van der Waals surface area contributed by atoms with Crippen molar-refractivity contribution in [3.8, 4) is 11.8 Å². The van der Waals surface area contributed by atoms with Gasteiger partial charge in [-0.3, -0.25) is 4.79 Å². The molecule has 0 aliphatic carbocycles. The van der Waals surface area contributed by atoms with Crippen LogP contribution in [0.25, 0.3) is 0 Å². The summed E-state index contributed by atoms with van der Waals surface area (Å²) in [6.07, 6.45) is 0.431. The second-order valence-electron chi connectivity index (χ2n) is 3.12. The minimum absolute atomic E-state index is 0.0432. The van der Waals surface area contributed by atoms with Crippen LogP contribution in [-0.4, -0.2) is 17.6 Å². The molecule has 0 aromatic heterocycles. The van der Waals surface area contributed by atoms with Crippen LogP contribution in [0.15, 0.2) is 18.2 Å². The summed E-state index contributed by atoms with van der Waals surface area (Å²) in [6, 6.07) is 5.25. The lowest BCUT2D eigenvalue weighted by atomic mass is 10.0. The van der Waals surface area contributed by atoms with E-state index >= 15 is 0 Å². The van der Waals surface area contributed by atoms with Crippen molar-refractivity contribution in [1.82, 2.24) is 0 Å². The summed E-state index contributed by atoms with van der Waals surface area (Å²) in [7, 11) is 0. The molecular weight excluding hydrogens is 190 g/mol. The molecule has 0 atom stereocenters. The molecule has 3 nitrogen and oxygen atoms in total. The van der Waals surface area contributed by atoms with E-state index in [-0.39, 0.29) is 6.61 Å². The molecule has 3 N–H and O–H groups in total. The van der Waals surface area contributed by atoms with Gasteiger partial charge in [0.05, 0.1) is 6.61 Å². The molecule has 78 valence electrons. The number of aliphatic hydroxyl groups excluding tert-OH is 1. The summed E-state index contributed by atoms with van der Waals surface area (Å²) in [5.41, 5.74) is 7.27. The van der Waals surface area contributed by atoms with Crippen LogP contribution in [0.1, 0.15) is 27.9 Å². The van der Waals surface area contributed by atoms with Gasteiger partial charge in [-0.05, 0) is 24.6 Å². The Morgan fingerprint density at radius 1 is 1.53 bits per heavy atom. The number of amides is 1. The minimum Gasteiger partial charge on any atom is -0.395 e. The van der Waals surface area contributed by atoms with Gasteiger partial charge < -0.3 is 10.8 Å². The van der Waals surface area contributed by atoms with Gasteiger partial charge in [-0.1, -0.05) is 17.9 Å². The molecule has 15 heavy (non-hydrogen) atoms. The van der Waals surface area contributed by atoms with Crippen LogP contribution in [-0.2, 0) is 0 Å². The van der Waals surface area contributed by atoms with Gasteiger partial charge in [0.2, 0.25) is 5.91 Å². The number of hydrogen-bond acceptors (Lipinski definition) is 2. The number of aliphatic hydroxyl groups is 1. The zero-order valence-electron chi connectivity index (χ0n) is 8.58. The molecular formula is C12H13NO2. The Hall–Kier alpha value is -1.79. The molecule has 1 aromatic carbocycles. The average Bonchev–Trinajstić information content (AvgIpc) is 2.20. The summed E-state index contributed by atoms with van der Waals surface area (Å²) in [4.78, 5) is 11.0. The smallest absolute Gasteiger partial charge is 0.249 e. The second-order valence-corrected chi connectivity index (χ2v) is 3.12. The number of carbonyl (C=O) groups is 1. The van der Waals surface area contributed by atoms with E-state index in [2.05, 4.69) is 11.8 Å². The highest BCUT2D eigenvalue weighted by Gasteiger charge is 2.06. The van der Waals surface area contributed by atoms with Crippen molar-refractivity contribution >= 4 is 5.91 Å². The van der Waals surface area contributed by atoms with Gasteiger partial charge in [0.15, 0.2) is 0 Å². The predicted molar refractivity (Wildman–Crippen MR) is 58.3 cm³/mol. The topological polar surface area (TPSA) is 63.3 Å². The van der Waals surface area contributed by atoms with Gasteiger partial charge in [0.25, 0.3) is 0 Å². The van der Waals surface area contributed by atoms with Crippen LogP contribution in [0.2, 0.25) is 0 Å². The Morgan fingerprint density at radius 3 is 2.87 bits per heavy atom. The molecule has 1 aromatic rings. The highest BCUT2D eigenvalue weighted by Crippen LogP contribution is 2.11. The highest BCUT2D eigenvalue weighted by molar-refractivity contribution is 5.94. The maximum absolute atomic E-state index is 11.0. The fourth-order valence-electron chi connectivity index (χ4n) is 1.25. The maximum Gasteiger partial charge on any atom is 0.249 e. The Labute approximate surface area is 88.9 Å². The molecule has 0 bridgehead atoms. The van der Waals surface area contributed by atoms with Crippen molar-refractivity contribution in [2.24, 2.45) is 5.73 Å². The summed E-state index contributed by atoms with van der Waals surface area (Å²) < 4.78 is 0. The molecule has 0 spiro atoms. The number of primary amides is 1. The first-order chi connectivity index (χ1) is 7.16. The lowest BCUT2D eigenvalue weighted by Crippen LogP contribution is -2.13. The first-order valence-electron chi connectivity index (χ1n) is 4.66. The third-order valence-corrected chi connectivity index (χ3v) is 2.06. The molecule has 0 fully saturated rings. The van der Waals surface area contributed by atoms with E-state index in [4.69, 9.17) is 10.8 Å². The molecule has 1 amide bonds. The van der Waals surface area contributed by atoms with Crippen LogP contribution in [0.5, 0.6) is 0 Å². The quantitative estimate of drug-likeness (QED) is 0.699. The fourth-order valence-corrected chi connectivity index (χ4v) is 1.25. The predicted octanol–water partition coefficient (Wildman–Crippen LogP) is 0.828. The number of benzene rings is 1. The number of rotatable bonds is 2.